The Kier molecular flexibility index (Phi) is 3.37. The minimum Gasteiger partial charge on any atom is -0.478 e. The lowest BCUT2D eigenvalue weighted by atomic mass is 10.1. The van der Waals surface area contributed by atoms with Gasteiger partial charge in [-0.05, 0) is 18.2 Å². The first-order valence-corrected chi connectivity index (χ1v) is 5.19. The maximum Gasteiger partial charge on any atom is 0.328 e. The van der Waals surface area contributed by atoms with Crippen LogP contribution in [0.3, 0.4) is 0 Å². The van der Waals surface area contributed by atoms with Gasteiger partial charge in [-0.2, -0.15) is 0 Å². The average Bonchev–Trinajstić information content (AvgIpc) is 2.85. The maximum atomic E-state index is 10.5. The highest BCUT2D eigenvalue weighted by Gasteiger charge is 2.08. The van der Waals surface area contributed by atoms with E-state index in [1.165, 1.54) is 18.2 Å². The van der Waals surface area contributed by atoms with Crippen molar-refractivity contribution in [2.45, 2.75) is 0 Å². The molecular weight excluding hydrogens is 252 g/mol. The number of non-ortho nitro benzene ring substituents is 1. The molecule has 96 valence electrons. The maximum absolute atomic E-state index is 10.5. The molecule has 2 rings (SSSR count). The zero-order valence-electron chi connectivity index (χ0n) is 9.52. The molecule has 1 heterocycles. The standard InChI is InChI=1S/C12H8N2O5/c15-12(16)6-5-10-7-11(13-19-10)8-1-3-9(4-2-8)14(17)18/h1-7H,(H,15,16)/b6-5+. The zero-order valence-corrected chi connectivity index (χ0v) is 9.52. The van der Waals surface area contributed by atoms with E-state index in [9.17, 15) is 14.9 Å². The lowest BCUT2D eigenvalue weighted by Gasteiger charge is -1.94. The molecule has 0 spiro atoms. The summed E-state index contributed by atoms with van der Waals surface area (Å²) in [5.74, 6) is -0.802. The number of carboxylic acids is 1. The van der Waals surface area contributed by atoms with Gasteiger partial charge in [0.15, 0.2) is 5.76 Å². The molecule has 0 aliphatic rings. The number of rotatable bonds is 4. The molecule has 2 aromatic rings. The SMILES string of the molecule is O=C(O)/C=C/c1cc(-c2ccc([N+](=O)[O-])cc2)no1. The molecule has 0 atom stereocenters. The molecule has 19 heavy (non-hydrogen) atoms. The number of aliphatic carboxylic acids is 1. The first-order chi connectivity index (χ1) is 9.06. The van der Waals surface area contributed by atoms with E-state index < -0.39 is 10.9 Å². The van der Waals surface area contributed by atoms with Crippen molar-refractivity contribution < 1.29 is 19.3 Å². The Morgan fingerprint density at radius 2 is 2.05 bits per heavy atom. The van der Waals surface area contributed by atoms with Gasteiger partial charge in [0.05, 0.1) is 4.92 Å². The number of aromatic nitrogens is 1. The second kappa shape index (κ2) is 5.13. The fourth-order valence-electron chi connectivity index (χ4n) is 1.41. The second-order valence-corrected chi connectivity index (χ2v) is 3.59. The second-order valence-electron chi connectivity index (χ2n) is 3.59. The van der Waals surface area contributed by atoms with Gasteiger partial charge in [-0.15, -0.1) is 0 Å². The van der Waals surface area contributed by atoms with E-state index >= 15 is 0 Å². The molecule has 0 saturated carbocycles. The minimum absolute atomic E-state index is 0.0155. The van der Waals surface area contributed by atoms with E-state index in [2.05, 4.69) is 5.16 Å². The Balaban J connectivity index is 2.23. The fraction of sp³-hybridized carbons (Fsp3) is 0. The zero-order chi connectivity index (χ0) is 13.8. The normalized spacial score (nSPS) is 10.7. The number of nitro benzene ring substituents is 1. The third-order valence-corrected chi connectivity index (χ3v) is 2.29. The van der Waals surface area contributed by atoms with Crippen LogP contribution in [-0.2, 0) is 4.79 Å². The molecule has 1 aromatic heterocycles. The predicted octanol–water partition coefficient (Wildman–Crippen LogP) is 2.35. The molecule has 0 bridgehead atoms. The lowest BCUT2D eigenvalue weighted by Crippen LogP contribution is -1.87. The lowest BCUT2D eigenvalue weighted by molar-refractivity contribution is -0.384. The van der Waals surface area contributed by atoms with Crippen molar-refractivity contribution in [3.05, 3.63) is 52.3 Å². The summed E-state index contributed by atoms with van der Waals surface area (Å²) in [6, 6.07) is 7.34. The van der Waals surface area contributed by atoms with Crippen molar-refractivity contribution >= 4 is 17.7 Å². The van der Waals surface area contributed by atoms with E-state index in [-0.39, 0.29) is 11.4 Å². The van der Waals surface area contributed by atoms with Crippen LogP contribution in [0.2, 0.25) is 0 Å². The third kappa shape index (κ3) is 3.03. The summed E-state index contributed by atoms with van der Waals surface area (Å²) in [5.41, 5.74) is 1.10. The van der Waals surface area contributed by atoms with Gasteiger partial charge in [-0.25, -0.2) is 4.79 Å². The molecule has 7 nitrogen and oxygen atoms in total. The molecule has 0 fully saturated rings. The summed E-state index contributed by atoms with van der Waals surface area (Å²) < 4.78 is 4.91. The number of hydrogen-bond donors (Lipinski definition) is 1. The van der Waals surface area contributed by atoms with Crippen molar-refractivity contribution in [1.82, 2.24) is 5.16 Å². The summed E-state index contributed by atoms with van der Waals surface area (Å²) in [6.07, 6.45) is 2.20. The largest absolute Gasteiger partial charge is 0.478 e. The van der Waals surface area contributed by atoms with Crippen LogP contribution in [0.5, 0.6) is 0 Å². The van der Waals surface area contributed by atoms with Gasteiger partial charge in [-0.1, -0.05) is 5.16 Å². The molecule has 1 aromatic carbocycles. The van der Waals surface area contributed by atoms with Gasteiger partial charge in [0.2, 0.25) is 0 Å². The monoisotopic (exact) mass is 260 g/mol. The Bertz CT molecular complexity index is 642. The number of hydrogen-bond acceptors (Lipinski definition) is 5. The van der Waals surface area contributed by atoms with E-state index in [4.69, 9.17) is 9.63 Å². The van der Waals surface area contributed by atoms with Crippen LogP contribution in [0.25, 0.3) is 17.3 Å². The van der Waals surface area contributed by atoms with Crippen LogP contribution in [0, 0.1) is 10.1 Å². The summed E-state index contributed by atoms with van der Waals surface area (Å²) in [5, 5.41) is 22.7. The predicted molar refractivity (Wildman–Crippen MR) is 65.3 cm³/mol. The van der Waals surface area contributed by atoms with Crippen LogP contribution < -0.4 is 0 Å². The summed E-state index contributed by atoms with van der Waals surface area (Å²) in [4.78, 5) is 20.4. The van der Waals surface area contributed by atoms with Crippen LogP contribution in [0.15, 0.2) is 40.9 Å². The van der Waals surface area contributed by atoms with Crippen LogP contribution in [-0.4, -0.2) is 21.2 Å². The van der Waals surface area contributed by atoms with Crippen molar-refractivity contribution in [2.24, 2.45) is 0 Å². The first kappa shape index (κ1) is 12.5. The van der Waals surface area contributed by atoms with E-state index in [0.717, 1.165) is 6.08 Å². The number of carboxylic acid groups (broad SMARTS) is 1. The number of nitrogens with zero attached hydrogens (tertiary/aromatic N) is 2. The number of nitro groups is 1. The molecule has 0 aliphatic heterocycles. The van der Waals surface area contributed by atoms with Crippen molar-refractivity contribution in [2.75, 3.05) is 0 Å². The van der Waals surface area contributed by atoms with E-state index in [0.29, 0.717) is 11.3 Å². The van der Waals surface area contributed by atoms with Crippen molar-refractivity contribution in [3.8, 4) is 11.3 Å². The Morgan fingerprint density at radius 1 is 1.37 bits per heavy atom. The van der Waals surface area contributed by atoms with E-state index in [1.807, 2.05) is 0 Å². The molecule has 0 amide bonds. The number of carbonyl (C=O) groups is 1. The number of benzene rings is 1. The molecule has 0 saturated heterocycles. The third-order valence-electron chi connectivity index (χ3n) is 2.29. The van der Waals surface area contributed by atoms with Crippen LogP contribution >= 0.6 is 0 Å². The van der Waals surface area contributed by atoms with Crippen LogP contribution in [0.1, 0.15) is 5.76 Å². The molecule has 0 aliphatic carbocycles. The fourth-order valence-corrected chi connectivity index (χ4v) is 1.41. The summed E-state index contributed by atoms with van der Waals surface area (Å²) in [7, 11) is 0. The summed E-state index contributed by atoms with van der Waals surface area (Å²) in [6.45, 7) is 0. The topological polar surface area (TPSA) is 106 Å². The summed E-state index contributed by atoms with van der Waals surface area (Å²) >= 11 is 0. The Labute approximate surface area is 106 Å². The quantitative estimate of drug-likeness (QED) is 0.513. The molecule has 1 N–H and O–H groups in total. The van der Waals surface area contributed by atoms with Crippen LogP contribution in [0.4, 0.5) is 5.69 Å². The van der Waals surface area contributed by atoms with Gasteiger partial charge in [0.1, 0.15) is 5.69 Å². The highest BCUT2D eigenvalue weighted by Crippen LogP contribution is 2.22. The van der Waals surface area contributed by atoms with Gasteiger partial charge in [0, 0.05) is 29.8 Å². The molecular formula is C12H8N2O5. The molecule has 0 unspecified atom stereocenters. The van der Waals surface area contributed by atoms with Gasteiger partial charge in [-0.3, -0.25) is 10.1 Å². The minimum atomic E-state index is -1.09. The smallest absolute Gasteiger partial charge is 0.328 e. The first-order valence-electron chi connectivity index (χ1n) is 5.19. The molecule has 7 heteroatoms. The van der Waals surface area contributed by atoms with Crippen molar-refractivity contribution in [3.63, 3.8) is 0 Å². The van der Waals surface area contributed by atoms with Gasteiger partial charge in [0.25, 0.3) is 5.69 Å². The van der Waals surface area contributed by atoms with Gasteiger partial charge >= 0.3 is 5.97 Å². The highest BCUT2D eigenvalue weighted by atomic mass is 16.6. The average molecular weight is 260 g/mol. The highest BCUT2D eigenvalue weighted by molar-refractivity contribution is 5.84. The Morgan fingerprint density at radius 3 is 2.63 bits per heavy atom. The van der Waals surface area contributed by atoms with Gasteiger partial charge < -0.3 is 9.63 Å². The molecule has 0 radical (unpaired) electrons. The van der Waals surface area contributed by atoms with E-state index in [1.54, 1.807) is 18.2 Å². The van der Waals surface area contributed by atoms with Crippen molar-refractivity contribution in [1.29, 1.82) is 0 Å². The Hall–Kier alpha value is -2.96.